The first-order chi connectivity index (χ1) is 7.57. The lowest BCUT2D eigenvalue weighted by atomic mass is 9.65. The van der Waals surface area contributed by atoms with E-state index >= 15 is 0 Å². The minimum atomic E-state index is -1.17. The third-order valence-electron chi connectivity index (χ3n) is 3.80. The first kappa shape index (κ1) is 14.4. The van der Waals surface area contributed by atoms with Crippen molar-refractivity contribution in [2.24, 2.45) is 5.41 Å². The summed E-state index contributed by atoms with van der Waals surface area (Å²) in [5.74, 6) is -0.330. The van der Waals surface area contributed by atoms with Gasteiger partial charge in [-0.2, -0.15) is 0 Å². The molecule has 0 radical (unpaired) electrons. The van der Waals surface area contributed by atoms with Crippen LogP contribution in [0.3, 0.4) is 0 Å². The Morgan fingerprint density at radius 2 is 1.65 bits per heavy atom. The van der Waals surface area contributed by atoms with Crippen LogP contribution < -0.4 is 0 Å². The van der Waals surface area contributed by atoms with Crippen LogP contribution >= 0.6 is 0 Å². The van der Waals surface area contributed by atoms with Crippen LogP contribution in [-0.4, -0.2) is 10.5 Å². The number of rotatable bonds is 2. The largest absolute Gasteiger partial charge is 0.255 e. The van der Waals surface area contributed by atoms with Crippen LogP contribution in [0.4, 0.5) is 4.39 Å². The maximum absolute atomic E-state index is 13.3. The highest BCUT2D eigenvalue weighted by molar-refractivity contribution is 7.84. The molecular formula is C14H21FOS. The molecule has 1 rings (SSSR count). The van der Waals surface area contributed by atoms with Gasteiger partial charge in [-0.25, -0.2) is 4.39 Å². The Bertz CT molecular complexity index is 444. The molecule has 3 heteroatoms. The molecule has 0 heterocycles. The van der Waals surface area contributed by atoms with Gasteiger partial charge in [0, 0.05) is 11.2 Å². The zero-order valence-electron chi connectivity index (χ0n) is 11.4. The van der Waals surface area contributed by atoms with Crippen molar-refractivity contribution < 1.29 is 8.60 Å². The second-order valence-corrected chi connectivity index (χ2v) is 7.32. The Kier molecular flexibility index (Phi) is 3.82. The van der Waals surface area contributed by atoms with Crippen LogP contribution in [0.25, 0.3) is 0 Å². The number of benzene rings is 1. The van der Waals surface area contributed by atoms with Gasteiger partial charge < -0.3 is 0 Å². The SMILES string of the molecule is CS(=O)c1cc(F)ccc1C(C)(C)C(C)(C)C. The van der Waals surface area contributed by atoms with Crippen molar-refractivity contribution in [3.05, 3.63) is 29.6 Å². The maximum atomic E-state index is 13.3. The highest BCUT2D eigenvalue weighted by Gasteiger charge is 2.36. The lowest BCUT2D eigenvalue weighted by molar-refractivity contribution is 0.221. The van der Waals surface area contributed by atoms with Gasteiger partial charge in [0.15, 0.2) is 0 Å². The number of hydrogen-bond acceptors (Lipinski definition) is 1. The zero-order chi connectivity index (χ0) is 13.4. The van der Waals surface area contributed by atoms with E-state index in [4.69, 9.17) is 0 Å². The van der Waals surface area contributed by atoms with Gasteiger partial charge in [-0.05, 0) is 28.5 Å². The predicted octanol–water partition coefficient (Wildman–Crippen LogP) is 3.89. The Balaban J connectivity index is 3.46. The zero-order valence-corrected chi connectivity index (χ0v) is 12.2. The minimum absolute atomic E-state index is 0.0128. The molecule has 96 valence electrons. The fourth-order valence-electron chi connectivity index (χ4n) is 1.65. The van der Waals surface area contributed by atoms with Crippen LogP contribution in [-0.2, 0) is 16.2 Å². The second-order valence-electron chi connectivity index (χ2n) is 5.97. The molecule has 0 saturated heterocycles. The molecule has 1 nitrogen and oxygen atoms in total. The van der Waals surface area contributed by atoms with Gasteiger partial charge in [-0.3, -0.25) is 4.21 Å². The quantitative estimate of drug-likeness (QED) is 0.784. The molecule has 0 fully saturated rings. The average Bonchev–Trinajstić information content (AvgIpc) is 2.15. The normalized spacial score (nSPS) is 14.8. The molecule has 1 atom stereocenters. The number of halogens is 1. The molecule has 1 aromatic rings. The number of hydrogen-bond donors (Lipinski definition) is 0. The molecular weight excluding hydrogens is 235 g/mol. The van der Waals surface area contributed by atoms with Crippen molar-refractivity contribution in [3.63, 3.8) is 0 Å². The Morgan fingerprint density at radius 1 is 1.12 bits per heavy atom. The highest BCUT2D eigenvalue weighted by atomic mass is 32.2. The molecule has 0 saturated carbocycles. The summed E-state index contributed by atoms with van der Waals surface area (Å²) in [5, 5.41) is 0. The maximum Gasteiger partial charge on any atom is 0.124 e. The molecule has 0 bridgehead atoms. The molecule has 0 aliphatic rings. The molecule has 0 spiro atoms. The van der Waals surface area contributed by atoms with Crippen molar-refractivity contribution in [3.8, 4) is 0 Å². The standard InChI is InChI=1S/C14H21FOS/c1-13(2,3)14(4,5)11-8-7-10(15)9-12(11)17(6)16/h7-9H,1-6H3. The summed E-state index contributed by atoms with van der Waals surface area (Å²) in [6.07, 6.45) is 1.59. The Morgan fingerprint density at radius 3 is 2.06 bits per heavy atom. The van der Waals surface area contributed by atoms with Gasteiger partial charge >= 0.3 is 0 Å². The van der Waals surface area contributed by atoms with E-state index in [1.165, 1.54) is 12.1 Å². The van der Waals surface area contributed by atoms with Crippen LogP contribution in [0.15, 0.2) is 23.1 Å². The summed E-state index contributed by atoms with van der Waals surface area (Å²) in [6.45, 7) is 10.6. The van der Waals surface area contributed by atoms with E-state index in [1.807, 2.05) is 0 Å². The van der Waals surface area contributed by atoms with Gasteiger partial charge in [0.25, 0.3) is 0 Å². The predicted molar refractivity (Wildman–Crippen MR) is 71.2 cm³/mol. The van der Waals surface area contributed by atoms with E-state index in [0.29, 0.717) is 4.90 Å². The van der Waals surface area contributed by atoms with Crippen molar-refractivity contribution >= 4 is 10.8 Å². The second kappa shape index (κ2) is 4.52. The average molecular weight is 256 g/mol. The summed E-state index contributed by atoms with van der Waals surface area (Å²) < 4.78 is 25.0. The molecule has 0 aromatic heterocycles. The topological polar surface area (TPSA) is 17.1 Å². The lowest BCUT2D eigenvalue weighted by Gasteiger charge is -2.40. The van der Waals surface area contributed by atoms with Crippen LogP contribution in [0, 0.1) is 11.2 Å². The van der Waals surface area contributed by atoms with E-state index in [2.05, 4.69) is 34.6 Å². The highest BCUT2D eigenvalue weighted by Crippen LogP contribution is 2.42. The Labute approximate surface area is 106 Å². The third kappa shape index (κ3) is 2.76. The first-order valence-corrected chi connectivity index (χ1v) is 7.26. The summed E-state index contributed by atoms with van der Waals surface area (Å²) in [4.78, 5) is 0.602. The van der Waals surface area contributed by atoms with E-state index in [0.717, 1.165) is 5.56 Å². The van der Waals surface area contributed by atoms with E-state index < -0.39 is 10.8 Å². The fourth-order valence-corrected chi connectivity index (χ4v) is 2.57. The van der Waals surface area contributed by atoms with Crippen LogP contribution in [0.1, 0.15) is 40.2 Å². The fraction of sp³-hybridized carbons (Fsp3) is 0.571. The first-order valence-electron chi connectivity index (χ1n) is 5.71. The molecule has 0 amide bonds. The summed E-state index contributed by atoms with van der Waals surface area (Å²) in [7, 11) is -1.17. The molecule has 0 N–H and O–H groups in total. The lowest BCUT2D eigenvalue weighted by Crippen LogP contribution is -2.35. The molecule has 17 heavy (non-hydrogen) atoms. The van der Waals surface area contributed by atoms with E-state index in [-0.39, 0.29) is 16.6 Å². The van der Waals surface area contributed by atoms with Crippen molar-refractivity contribution in [1.82, 2.24) is 0 Å². The summed E-state index contributed by atoms with van der Waals surface area (Å²) >= 11 is 0. The third-order valence-corrected chi connectivity index (χ3v) is 4.76. The van der Waals surface area contributed by atoms with Gasteiger partial charge in [0.05, 0.1) is 10.8 Å². The van der Waals surface area contributed by atoms with E-state index in [9.17, 15) is 8.60 Å². The van der Waals surface area contributed by atoms with E-state index in [1.54, 1.807) is 12.3 Å². The van der Waals surface area contributed by atoms with Crippen molar-refractivity contribution in [2.45, 2.75) is 44.9 Å². The van der Waals surface area contributed by atoms with Gasteiger partial charge in [0.2, 0.25) is 0 Å². The smallest absolute Gasteiger partial charge is 0.124 e. The van der Waals surface area contributed by atoms with Crippen molar-refractivity contribution in [2.75, 3.05) is 6.26 Å². The minimum Gasteiger partial charge on any atom is -0.255 e. The van der Waals surface area contributed by atoms with Gasteiger partial charge in [-0.15, -0.1) is 0 Å². The molecule has 1 aromatic carbocycles. The monoisotopic (exact) mass is 256 g/mol. The molecule has 0 aliphatic carbocycles. The summed E-state index contributed by atoms with van der Waals surface area (Å²) in [6, 6.07) is 4.59. The van der Waals surface area contributed by atoms with Crippen LogP contribution in [0.5, 0.6) is 0 Å². The summed E-state index contributed by atoms with van der Waals surface area (Å²) in [5.41, 5.74) is 0.813. The Hall–Kier alpha value is -0.700. The van der Waals surface area contributed by atoms with Gasteiger partial charge in [-0.1, -0.05) is 40.7 Å². The molecule has 1 unspecified atom stereocenters. The van der Waals surface area contributed by atoms with Crippen LogP contribution in [0.2, 0.25) is 0 Å². The van der Waals surface area contributed by atoms with Crippen molar-refractivity contribution in [1.29, 1.82) is 0 Å². The molecule has 0 aliphatic heterocycles. The van der Waals surface area contributed by atoms with Gasteiger partial charge in [0.1, 0.15) is 5.82 Å².